The molecule has 1 aromatic carbocycles. The molecule has 16 heavy (non-hydrogen) atoms. The molecule has 1 heterocycles. The van der Waals surface area contributed by atoms with E-state index < -0.39 is 0 Å². The average Bonchev–Trinajstić information content (AvgIpc) is 2.63. The largest absolute Gasteiger partial charge is 0.365 e. The number of anilines is 1. The van der Waals surface area contributed by atoms with E-state index in [0.29, 0.717) is 0 Å². The van der Waals surface area contributed by atoms with E-state index in [-0.39, 0.29) is 5.82 Å². The number of benzene rings is 1. The molecule has 1 N–H and O–H groups in total. The van der Waals surface area contributed by atoms with Gasteiger partial charge in [-0.3, -0.25) is 0 Å². The minimum absolute atomic E-state index is 0.206. The lowest BCUT2D eigenvalue weighted by Crippen LogP contribution is -1.86. The molecule has 0 atom stereocenters. The summed E-state index contributed by atoms with van der Waals surface area (Å²) in [6, 6.07) is 6.54. The van der Waals surface area contributed by atoms with Crippen LogP contribution in [0.15, 0.2) is 28.9 Å². The highest BCUT2D eigenvalue weighted by Crippen LogP contribution is 2.29. The molecule has 2 nitrogen and oxygen atoms in total. The number of hydrogen-bond acceptors (Lipinski definition) is 3. The maximum absolute atomic E-state index is 12.7. The van der Waals surface area contributed by atoms with Crippen molar-refractivity contribution in [1.82, 2.24) is 4.98 Å². The van der Waals surface area contributed by atoms with Gasteiger partial charge in [-0.05, 0) is 33.6 Å². The lowest BCUT2D eigenvalue weighted by atomic mass is 10.1. The van der Waals surface area contributed by atoms with Gasteiger partial charge in [0.25, 0.3) is 0 Å². The summed E-state index contributed by atoms with van der Waals surface area (Å²) in [5.74, 6) is -0.206. The van der Waals surface area contributed by atoms with E-state index in [9.17, 15) is 4.39 Å². The second-order valence-electron chi connectivity index (χ2n) is 3.29. The predicted molar refractivity (Wildman–Crippen MR) is 68.6 cm³/mol. The van der Waals surface area contributed by atoms with Gasteiger partial charge in [0, 0.05) is 18.3 Å². The third kappa shape index (κ3) is 2.59. The van der Waals surface area contributed by atoms with Crippen LogP contribution in [0.4, 0.5) is 9.52 Å². The van der Waals surface area contributed by atoms with E-state index in [1.165, 1.54) is 12.1 Å². The van der Waals surface area contributed by atoms with Crippen molar-refractivity contribution < 1.29 is 4.39 Å². The topological polar surface area (TPSA) is 24.9 Å². The smallest absolute Gasteiger partial charge is 0.183 e. The molecule has 0 fully saturated rings. The number of thiazole rings is 1. The Morgan fingerprint density at radius 1 is 1.38 bits per heavy atom. The van der Waals surface area contributed by atoms with Gasteiger partial charge >= 0.3 is 0 Å². The van der Waals surface area contributed by atoms with E-state index in [2.05, 4.69) is 26.2 Å². The first-order valence-electron chi connectivity index (χ1n) is 4.76. The molecule has 0 unspecified atom stereocenters. The Hall–Kier alpha value is -0.940. The van der Waals surface area contributed by atoms with Crippen molar-refractivity contribution in [3.63, 3.8) is 0 Å². The van der Waals surface area contributed by atoms with Crippen LogP contribution >= 0.6 is 27.3 Å². The van der Waals surface area contributed by atoms with E-state index in [1.807, 2.05) is 7.05 Å². The maximum atomic E-state index is 12.7. The van der Waals surface area contributed by atoms with Gasteiger partial charge in [-0.2, -0.15) is 0 Å². The van der Waals surface area contributed by atoms with Crippen molar-refractivity contribution in [2.45, 2.75) is 6.42 Å². The van der Waals surface area contributed by atoms with E-state index in [0.717, 1.165) is 26.6 Å². The predicted octanol–water partition coefficient (Wildman–Crippen LogP) is 3.68. The molecule has 0 bridgehead atoms. The number of halogens is 2. The molecule has 0 saturated carbocycles. The summed E-state index contributed by atoms with van der Waals surface area (Å²) in [5.41, 5.74) is 1.08. The summed E-state index contributed by atoms with van der Waals surface area (Å²) >= 11 is 5.01. The fourth-order valence-electron chi connectivity index (χ4n) is 1.34. The van der Waals surface area contributed by atoms with Crippen LogP contribution < -0.4 is 5.32 Å². The van der Waals surface area contributed by atoms with E-state index in [4.69, 9.17) is 0 Å². The summed E-state index contributed by atoms with van der Waals surface area (Å²) in [4.78, 5) is 5.43. The van der Waals surface area contributed by atoms with Crippen LogP contribution in [0, 0.1) is 5.82 Å². The molecule has 2 aromatic rings. The molecular weight excluding hydrogens is 291 g/mol. The highest BCUT2D eigenvalue weighted by atomic mass is 79.9. The fraction of sp³-hybridized carbons (Fsp3) is 0.182. The van der Waals surface area contributed by atoms with Crippen LogP contribution in [0.3, 0.4) is 0 Å². The molecule has 0 saturated heterocycles. The molecule has 1 aromatic heterocycles. The van der Waals surface area contributed by atoms with Crippen molar-refractivity contribution in [3.8, 4) is 0 Å². The SMILES string of the molecule is CNc1nc(Br)c(Cc2ccc(F)cc2)s1. The van der Waals surface area contributed by atoms with Crippen molar-refractivity contribution in [2.24, 2.45) is 0 Å². The highest BCUT2D eigenvalue weighted by Gasteiger charge is 2.08. The quantitative estimate of drug-likeness (QED) is 0.935. The Labute approximate surface area is 106 Å². The molecule has 0 aliphatic carbocycles. The molecule has 0 aliphatic rings. The normalized spacial score (nSPS) is 10.4. The molecule has 0 spiro atoms. The number of nitrogens with zero attached hydrogens (tertiary/aromatic N) is 1. The van der Waals surface area contributed by atoms with Gasteiger partial charge in [-0.25, -0.2) is 9.37 Å². The summed E-state index contributed by atoms with van der Waals surface area (Å²) in [5, 5.41) is 3.88. The van der Waals surface area contributed by atoms with Crippen molar-refractivity contribution >= 4 is 32.4 Å². The van der Waals surface area contributed by atoms with Gasteiger partial charge in [-0.15, -0.1) is 11.3 Å². The van der Waals surface area contributed by atoms with Crippen molar-refractivity contribution in [1.29, 1.82) is 0 Å². The van der Waals surface area contributed by atoms with Gasteiger partial charge in [-0.1, -0.05) is 12.1 Å². The van der Waals surface area contributed by atoms with Gasteiger partial charge < -0.3 is 5.32 Å². The Morgan fingerprint density at radius 2 is 2.06 bits per heavy atom. The van der Waals surface area contributed by atoms with Crippen LogP contribution in [-0.2, 0) is 6.42 Å². The highest BCUT2D eigenvalue weighted by molar-refractivity contribution is 9.10. The van der Waals surface area contributed by atoms with E-state index in [1.54, 1.807) is 23.5 Å². The monoisotopic (exact) mass is 300 g/mol. The van der Waals surface area contributed by atoms with Crippen molar-refractivity contribution in [2.75, 3.05) is 12.4 Å². The molecule has 0 radical (unpaired) electrons. The Bertz CT molecular complexity index is 481. The molecule has 0 aliphatic heterocycles. The van der Waals surface area contributed by atoms with Gasteiger partial charge in [0.2, 0.25) is 0 Å². The van der Waals surface area contributed by atoms with Crippen LogP contribution in [0.25, 0.3) is 0 Å². The zero-order valence-corrected chi connectivity index (χ0v) is 11.0. The number of nitrogens with one attached hydrogen (secondary N) is 1. The first-order chi connectivity index (χ1) is 7.69. The van der Waals surface area contributed by atoms with Crippen LogP contribution in [0.2, 0.25) is 0 Å². The average molecular weight is 301 g/mol. The Balaban J connectivity index is 2.19. The van der Waals surface area contributed by atoms with Gasteiger partial charge in [0.1, 0.15) is 10.4 Å². The van der Waals surface area contributed by atoms with Gasteiger partial charge in [0.05, 0.1) is 0 Å². The Kier molecular flexibility index (Phi) is 3.56. The molecule has 5 heteroatoms. The molecule has 0 amide bonds. The van der Waals surface area contributed by atoms with Gasteiger partial charge in [0.15, 0.2) is 5.13 Å². The zero-order chi connectivity index (χ0) is 11.5. The van der Waals surface area contributed by atoms with Crippen LogP contribution in [0.1, 0.15) is 10.4 Å². The second-order valence-corrected chi connectivity index (χ2v) is 5.12. The first-order valence-corrected chi connectivity index (χ1v) is 6.37. The standard InChI is InChI=1S/C11H10BrFN2S/c1-14-11-15-10(12)9(16-11)6-7-2-4-8(13)5-3-7/h2-5H,6H2,1H3,(H,14,15). The molecule has 84 valence electrons. The minimum atomic E-state index is -0.206. The Morgan fingerprint density at radius 3 is 2.62 bits per heavy atom. The summed E-state index contributed by atoms with van der Waals surface area (Å²) < 4.78 is 13.6. The minimum Gasteiger partial charge on any atom is -0.365 e. The maximum Gasteiger partial charge on any atom is 0.183 e. The lowest BCUT2D eigenvalue weighted by molar-refractivity contribution is 0.627. The first kappa shape index (κ1) is 11.5. The summed E-state index contributed by atoms with van der Waals surface area (Å²) in [7, 11) is 1.84. The van der Waals surface area contributed by atoms with Crippen LogP contribution in [-0.4, -0.2) is 12.0 Å². The number of hydrogen-bond donors (Lipinski definition) is 1. The fourth-order valence-corrected chi connectivity index (χ4v) is 2.86. The zero-order valence-electron chi connectivity index (χ0n) is 8.63. The third-order valence-electron chi connectivity index (χ3n) is 2.14. The van der Waals surface area contributed by atoms with Crippen LogP contribution in [0.5, 0.6) is 0 Å². The summed E-state index contributed by atoms with van der Waals surface area (Å²) in [6.07, 6.45) is 0.764. The second kappa shape index (κ2) is 4.93. The lowest BCUT2D eigenvalue weighted by Gasteiger charge is -1.98. The van der Waals surface area contributed by atoms with Crippen molar-refractivity contribution in [3.05, 3.63) is 45.1 Å². The third-order valence-corrected chi connectivity index (χ3v) is 4.13. The van der Waals surface area contributed by atoms with E-state index >= 15 is 0 Å². The number of aromatic nitrogens is 1. The summed E-state index contributed by atoms with van der Waals surface area (Å²) in [6.45, 7) is 0. The number of rotatable bonds is 3. The molecule has 2 rings (SSSR count). The molecular formula is C11H10BrFN2S.